The zero-order valence-corrected chi connectivity index (χ0v) is 5.68. The standard InChI is InChI=1S/C6H5F.BH3O3/c7-6-4-2-1-3-5-6;2-1(3)4/h1-5H;2-4H. The van der Waals surface area contributed by atoms with Crippen molar-refractivity contribution in [2.24, 2.45) is 0 Å². The minimum atomic E-state index is -2.17. The van der Waals surface area contributed by atoms with Crippen molar-refractivity contribution in [1.82, 2.24) is 0 Å². The first-order valence-electron chi connectivity index (χ1n) is 2.87. The molecule has 1 rings (SSSR count). The molecule has 0 aromatic heterocycles. The van der Waals surface area contributed by atoms with Gasteiger partial charge in [-0.25, -0.2) is 4.39 Å². The van der Waals surface area contributed by atoms with Crippen LogP contribution in [0, 0.1) is 5.82 Å². The van der Waals surface area contributed by atoms with E-state index in [1.807, 2.05) is 0 Å². The van der Waals surface area contributed by atoms with Crippen LogP contribution in [0.15, 0.2) is 30.3 Å². The fraction of sp³-hybridized carbons (Fsp3) is 0. The largest absolute Gasteiger partial charge is 0.631 e. The van der Waals surface area contributed by atoms with Crippen LogP contribution in [0.4, 0.5) is 4.39 Å². The molecule has 0 amide bonds. The Hall–Kier alpha value is -0.905. The number of benzene rings is 1. The number of hydrogen-bond donors (Lipinski definition) is 3. The van der Waals surface area contributed by atoms with E-state index in [0.717, 1.165) is 0 Å². The Morgan fingerprint density at radius 1 is 1.00 bits per heavy atom. The van der Waals surface area contributed by atoms with E-state index in [4.69, 9.17) is 15.1 Å². The van der Waals surface area contributed by atoms with Crippen LogP contribution in [-0.4, -0.2) is 22.4 Å². The van der Waals surface area contributed by atoms with Crippen LogP contribution >= 0.6 is 0 Å². The monoisotopic (exact) mass is 158 g/mol. The van der Waals surface area contributed by atoms with Crippen LogP contribution in [0.5, 0.6) is 0 Å². The van der Waals surface area contributed by atoms with Gasteiger partial charge in [-0.1, -0.05) is 18.2 Å². The highest BCUT2D eigenvalue weighted by atomic mass is 19.1. The highest BCUT2D eigenvalue weighted by molar-refractivity contribution is 6.30. The SMILES string of the molecule is Fc1ccccc1.OB(O)O. The Kier molecular flexibility index (Phi) is 5.37. The van der Waals surface area contributed by atoms with Gasteiger partial charge in [-0.3, -0.25) is 0 Å². The first-order valence-corrected chi connectivity index (χ1v) is 2.87. The van der Waals surface area contributed by atoms with E-state index in [9.17, 15) is 4.39 Å². The quantitative estimate of drug-likeness (QED) is 0.457. The second-order valence-corrected chi connectivity index (χ2v) is 1.64. The highest BCUT2D eigenvalue weighted by Gasteiger charge is 1.92. The smallest absolute Gasteiger partial charge is 0.402 e. The molecule has 3 nitrogen and oxygen atoms in total. The van der Waals surface area contributed by atoms with Crippen molar-refractivity contribution in [3.05, 3.63) is 36.1 Å². The molecule has 0 aliphatic heterocycles. The zero-order chi connectivity index (χ0) is 8.69. The van der Waals surface area contributed by atoms with Gasteiger partial charge in [-0.15, -0.1) is 0 Å². The molecule has 0 radical (unpaired) electrons. The summed E-state index contributed by atoms with van der Waals surface area (Å²) < 4.78 is 11.9. The zero-order valence-electron chi connectivity index (χ0n) is 5.68. The van der Waals surface area contributed by atoms with Gasteiger partial charge in [0.05, 0.1) is 0 Å². The number of halogens is 1. The van der Waals surface area contributed by atoms with Crippen molar-refractivity contribution in [3.63, 3.8) is 0 Å². The summed E-state index contributed by atoms with van der Waals surface area (Å²) in [6.07, 6.45) is 0. The average molecular weight is 158 g/mol. The van der Waals surface area contributed by atoms with Gasteiger partial charge in [0.25, 0.3) is 0 Å². The fourth-order valence-corrected chi connectivity index (χ4v) is 0.415. The van der Waals surface area contributed by atoms with Crippen LogP contribution in [0.25, 0.3) is 0 Å². The summed E-state index contributed by atoms with van der Waals surface area (Å²) in [7, 11) is -2.17. The molecule has 0 aliphatic carbocycles. The van der Waals surface area contributed by atoms with Crippen molar-refractivity contribution < 1.29 is 19.5 Å². The summed E-state index contributed by atoms with van der Waals surface area (Å²) in [4.78, 5) is 0. The molecule has 0 heterocycles. The third kappa shape index (κ3) is 9.09. The van der Waals surface area contributed by atoms with Crippen LogP contribution in [0.2, 0.25) is 0 Å². The summed E-state index contributed by atoms with van der Waals surface area (Å²) in [6, 6.07) is 7.94. The lowest BCUT2D eigenvalue weighted by Crippen LogP contribution is -2.07. The molecular formula is C6H8BFO3. The number of rotatable bonds is 0. The van der Waals surface area contributed by atoms with Gasteiger partial charge in [0, 0.05) is 0 Å². The lowest BCUT2D eigenvalue weighted by molar-refractivity contribution is 0.278. The predicted molar refractivity (Wildman–Crippen MR) is 38.8 cm³/mol. The summed E-state index contributed by atoms with van der Waals surface area (Å²) in [5.74, 6) is -0.178. The molecule has 0 saturated carbocycles. The highest BCUT2D eigenvalue weighted by Crippen LogP contribution is 1.91. The minimum absolute atomic E-state index is 0.178. The van der Waals surface area contributed by atoms with E-state index in [-0.39, 0.29) is 5.82 Å². The van der Waals surface area contributed by atoms with Crippen LogP contribution in [0.3, 0.4) is 0 Å². The second kappa shape index (κ2) is 5.85. The Labute approximate surface area is 63.9 Å². The van der Waals surface area contributed by atoms with E-state index in [1.165, 1.54) is 12.1 Å². The van der Waals surface area contributed by atoms with Crippen LogP contribution < -0.4 is 0 Å². The van der Waals surface area contributed by atoms with Crippen molar-refractivity contribution in [2.75, 3.05) is 0 Å². The first-order chi connectivity index (χ1) is 5.13. The molecular weight excluding hydrogens is 150 g/mol. The summed E-state index contributed by atoms with van der Waals surface area (Å²) >= 11 is 0. The molecule has 0 unspecified atom stereocenters. The lowest BCUT2D eigenvalue weighted by Gasteiger charge is -1.78. The molecule has 60 valence electrons. The first kappa shape index (κ1) is 10.1. The topological polar surface area (TPSA) is 60.7 Å². The molecule has 5 heteroatoms. The molecule has 0 spiro atoms. The molecule has 0 aliphatic rings. The maximum absolute atomic E-state index is 11.9. The summed E-state index contributed by atoms with van der Waals surface area (Å²) in [5.41, 5.74) is 0. The maximum atomic E-state index is 11.9. The molecule has 3 N–H and O–H groups in total. The van der Waals surface area contributed by atoms with Gasteiger partial charge in [0.15, 0.2) is 0 Å². The van der Waals surface area contributed by atoms with Gasteiger partial charge in [0.2, 0.25) is 0 Å². The van der Waals surface area contributed by atoms with Crippen molar-refractivity contribution >= 4 is 7.32 Å². The van der Waals surface area contributed by atoms with Crippen LogP contribution in [-0.2, 0) is 0 Å². The summed E-state index contributed by atoms with van der Waals surface area (Å²) in [5, 5.41) is 21.5. The van der Waals surface area contributed by atoms with Crippen molar-refractivity contribution in [3.8, 4) is 0 Å². The van der Waals surface area contributed by atoms with Gasteiger partial charge in [-0.05, 0) is 12.1 Å². The Morgan fingerprint density at radius 3 is 1.55 bits per heavy atom. The molecule has 0 fully saturated rings. The normalized spacial score (nSPS) is 8.00. The predicted octanol–water partition coefficient (Wildman–Crippen LogP) is -0.226. The second-order valence-electron chi connectivity index (χ2n) is 1.64. The molecule has 1 aromatic rings. The fourth-order valence-electron chi connectivity index (χ4n) is 0.415. The van der Waals surface area contributed by atoms with Crippen LogP contribution in [0.1, 0.15) is 0 Å². The average Bonchev–Trinajstić information content (AvgIpc) is 1.87. The number of hydrogen-bond acceptors (Lipinski definition) is 3. The van der Waals surface area contributed by atoms with E-state index >= 15 is 0 Å². The van der Waals surface area contributed by atoms with E-state index in [1.54, 1.807) is 18.2 Å². The van der Waals surface area contributed by atoms with E-state index in [0.29, 0.717) is 0 Å². The van der Waals surface area contributed by atoms with Gasteiger partial charge in [0.1, 0.15) is 5.82 Å². The molecule has 0 bridgehead atoms. The maximum Gasteiger partial charge on any atom is 0.631 e. The van der Waals surface area contributed by atoms with Crippen molar-refractivity contribution in [1.29, 1.82) is 0 Å². The molecule has 0 saturated heterocycles. The molecule has 11 heavy (non-hydrogen) atoms. The van der Waals surface area contributed by atoms with Crippen molar-refractivity contribution in [2.45, 2.75) is 0 Å². The minimum Gasteiger partial charge on any atom is -0.402 e. The Morgan fingerprint density at radius 2 is 1.36 bits per heavy atom. The van der Waals surface area contributed by atoms with E-state index in [2.05, 4.69) is 0 Å². The Bertz CT molecular complexity index is 178. The Balaban J connectivity index is 0.000000218. The third-order valence-electron chi connectivity index (χ3n) is 0.733. The van der Waals surface area contributed by atoms with Gasteiger partial charge >= 0.3 is 7.32 Å². The molecule has 0 atom stereocenters. The lowest BCUT2D eigenvalue weighted by atomic mass is 10.3. The molecule has 1 aromatic carbocycles. The van der Waals surface area contributed by atoms with Gasteiger partial charge < -0.3 is 15.1 Å². The van der Waals surface area contributed by atoms with E-state index < -0.39 is 7.32 Å². The van der Waals surface area contributed by atoms with Gasteiger partial charge in [-0.2, -0.15) is 0 Å². The third-order valence-corrected chi connectivity index (χ3v) is 0.733. The summed E-state index contributed by atoms with van der Waals surface area (Å²) in [6.45, 7) is 0.